The van der Waals surface area contributed by atoms with Gasteiger partial charge in [0.25, 0.3) is 5.56 Å². The van der Waals surface area contributed by atoms with Gasteiger partial charge in [-0.3, -0.25) is 9.79 Å². The van der Waals surface area contributed by atoms with E-state index in [0.29, 0.717) is 16.8 Å². The second-order valence-corrected chi connectivity index (χ2v) is 6.50. The number of hydrogen-bond donors (Lipinski definition) is 2. The van der Waals surface area contributed by atoms with E-state index < -0.39 is 0 Å². The Balaban J connectivity index is 1.65. The normalized spacial score (nSPS) is 23.2. The first-order valence-electron chi connectivity index (χ1n) is 7.88. The summed E-state index contributed by atoms with van der Waals surface area (Å²) in [6.07, 6.45) is 4.53. The zero-order valence-corrected chi connectivity index (χ0v) is 13.6. The maximum atomic E-state index is 12.0. The summed E-state index contributed by atoms with van der Waals surface area (Å²) in [4.78, 5) is 16.7. The van der Waals surface area contributed by atoms with Crippen molar-refractivity contribution in [1.29, 1.82) is 0 Å². The van der Waals surface area contributed by atoms with Crippen LogP contribution in [0.3, 0.4) is 0 Å². The fourth-order valence-corrected chi connectivity index (χ4v) is 3.56. The molecule has 0 spiro atoms. The Kier molecular flexibility index (Phi) is 4.78. The largest absolute Gasteiger partial charge is 0.339 e. The van der Waals surface area contributed by atoms with Crippen LogP contribution in [-0.4, -0.2) is 35.3 Å². The number of nitrogens with one attached hydrogen (secondary N) is 2. The number of aryl methyl sites for hydroxylation is 1. The van der Waals surface area contributed by atoms with Crippen LogP contribution in [0.1, 0.15) is 25.7 Å². The molecule has 0 aliphatic carbocycles. The molecule has 0 bridgehead atoms. The van der Waals surface area contributed by atoms with Crippen molar-refractivity contribution in [3.63, 3.8) is 0 Å². The Morgan fingerprint density at radius 3 is 2.77 bits per heavy atom. The van der Waals surface area contributed by atoms with Gasteiger partial charge < -0.3 is 10.6 Å². The molecule has 0 amide bonds. The van der Waals surface area contributed by atoms with E-state index in [4.69, 9.17) is 11.6 Å². The summed E-state index contributed by atoms with van der Waals surface area (Å²) in [7, 11) is 1.59. The van der Waals surface area contributed by atoms with Crippen molar-refractivity contribution in [2.24, 2.45) is 23.9 Å². The number of rotatable bonds is 2. The molecule has 1 saturated heterocycles. The van der Waals surface area contributed by atoms with Gasteiger partial charge in [0, 0.05) is 26.1 Å². The van der Waals surface area contributed by atoms with Crippen molar-refractivity contribution in [3.05, 3.63) is 21.6 Å². The van der Waals surface area contributed by atoms with Crippen molar-refractivity contribution >= 4 is 23.1 Å². The van der Waals surface area contributed by atoms with E-state index >= 15 is 0 Å². The molecular formula is C15H22ClN5O. The lowest BCUT2D eigenvalue weighted by atomic mass is 9.81. The van der Waals surface area contributed by atoms with E-state index in [9.17, 15) is 4.79 Å². The van der Waals surface area contributed by atoms with E-state index in [-0.39, 0.29) is 5.56 Å². The minimum atomic E-state index is -0.187. The minimum absolute atomic E-state index is 0.187. The molecule has 1 atom stereocenters. The zero-order chi connectivity index (χ0) is 15.5. The van der Waals surface area contributed by atoms with Gasteiger partial charge in [-0.2, -0.15) is 5.10 Å². The number of piperidine rings is 1. The summed E-state index contributed by atoms with van der Waals surface area (Å²) in [6.45, 7) is 3.11. The zero-order valence-electron chi connectivity index (χ0n) is 12.8. The molecule has 1 fully saturated rings. The van der Waals surface area contributed by atoms with Crippen molar-refractivity contribution in [2.75, 3.05) is 25.0 Å². The Hall–Kier alpha value is -1.40. The van der Waals surface area contributed by atoms with Crippen LogP contribution in [0.15, 0.2) is 15.9 Å². The third kappa shape index (κ3) is 3.50. The topological polar surface area (TPSA) is 71.3 Å². The molecule has 1 unspecified atom stereocenters. The molecular weight excluding hydrogens is 302 g/mol. The number of amidine groups is 1. The molecule has 3 heterocycles. The van der Waals surface area contributed by atoms with Crippen molar-refractivity contribution in [1.82, 2.24) is 15.1 Å². The van der Waals surface area contributed by atoms with Gasteiger partial charge in [0.2, 0.25) is 0 Å². The monoisotopic (exact) mass is 323 g/mol. The second kappa shape index (κ2) is 6.79. The predicted molar refractivity (Wildman–Crippen MR) is 88.7 cm³/mol. The molecule has 7 heteroatoms. The lowest BCUT2D eigenvalue weighted by molar-refractivity contribution is 0.250. The molecule has 3 rings (SSSR count). The molecule has 0 radical (unpaired) electrons. The molecule has 120 valence electrons. The molecule has 2 aliphatic heterocycles. The number of halogens is 1. The summed E-state index contributed by atoms with van der Waals surface area (Å²) < 4.78 is 1.24. The molecule has 2 N–H and O–H groups in total. The SMILES string of the molecule is Cn1nc(Cl)cc(NC2=NCC(C3CCNCC3)CC2)c1=O. The Morgan fingerprint density at radius 1 is 1.32 bits per heavy atom. The van der Waals surface area contributed by atoms with Crippen LogP contribution in [0.4, 0.5) is 5.69 Å². The van der Waals surface area contributed by atoms with Crippen LogP contribution in [0.2, 0.25) is 5.15 Å². The summed E-state index contributed by atoms with van der Waals surface area (Å²) in [5, 5.41) is 10.7. The number of aliphatic imine (C=N–C) groups is 1. The van der Waals surface area contributed by atoms with Crippen molar-refractivity contribution in [2.45, 2.75) is 25.7 Å². The highest BCUT2D eigenvalue weighted by Gasteiger charge is 2.26. The number of anilines is 1. The molecule has 1 aromatic rings. The van der Waals surface area contributed by atoms with Gasteiger partial charge in [0.15, 0.2) is 5.15 Å². The van der Waals surface area contributed by atoms with Crippen LogP contribution in [0.5, 0.6) is 0 Å². The quantitative estimate of drug-likeness (QED) is 0.868. The van der Waals surface area contributed by atoms with Gasteiger partial charge in [0.1, 0.15) is 11.5 Å². The van der Waals surface area contributed by atoms with Gasteiger partial charge >= 0.3 is 0 Å². The maximum Gasteiger partial charge on any atom is 0.290 e. The number of hydrogen-bond acceptors (Lipinski definition) is 5. The smallest absolute Gasteiger partial charge is 0.290 e. The van der Waals surface area contributed by atoms with Crippen molar-refractivity contribution < 1.29 is 0 Å². The van der Waals surface area contributed by atoms with E-state index in [1.165, 1.54) is 17.5 Å². The highest BCUT2D eigenvalue weighted by atomic mass is 35.5. The van der Waals surface area contributed by atoms with E-state index in [1.807, 2.05) is 0 Å². The maximum absolute atomic E-state index is 12.0. The van der Waals surface area contributed by atoms with Crippen LogP contribution in [-0.2, 0) is 7.05 Å². The Labute approximate surface area is 135 Å². The van der Waals surface area contributed by atoms with Crippen LogP contribution < -0.4 is 16.2 Å². The first kappa shape index (κ1) is 15.5. The lowest BCUT2D eigenvalue weighted by Crippen LogP contribution is -2.35. The molecule has 6 nitrogen and oxygen atoms in total. The molecule has 0 aromatic carbocycles. The fraction of sp³-hybridized carbons (Fsp3) is 0.667. The first-order chi connectivity index (χ1) is 10.6. The highest BCUT2D eigenvalue weighted by molar-refractivity contribution is 6.29. The summed E-state index contributed by atoms with van der Waals surface area (Å²) >= 11 is 5.91. The summed E-state index contributed by atoms with van der Waals surface area (Å²) in [6, 6.07) is 1.56. The standard InChI is InChI=1S/C15H22ClN5O/c1-21-15(22)12(8-13(16)20-21)19-14-3-2-11(9-18-14)10-4-6-17-7-5-10/h8,10-11,17H,2-7,9H2,1H3,(H,18,19). The average Bonchev–Trinajstić information content (AvgIpc) is 2.54. The van der Waals surface area contributed by atoms with Gasteiger partial charge in [-0.15, -0.1) is 0 Å². The first-order valence-corrected chi connectivity index (χ1v) is 8.26. The number of nitrogens with zero attached hydrogens (tertiary/aromatic N) is 3. The minimum Gasteiger partial charge on any atom is -0.339 e. The van der Waals surface area contributed by atoms with E-state index in [2.05, 4.69) is 20.7 Å². The van der Waals surface area contributed by atoms with Gasteiger partial charge in [-0.25, -0.2) is 4.68 Å². The van der Waals surface area contributed by atoms with Crippen molar-refractivity contribution in [3.8, 4) is 0 Å². The van der Waals surface area contributed by atoms with Gasteiger partial charge in [-0.1, -0.05) is 11.6 Å². The van der Waals surface area contributed by atoms with Crippen LogP contribution >= 0.6 is 11.6 Å². The third-order valence-corrected chi connectivity index (χ3v) is 4.82. The Morgan fingerprint density at radius 2 is 2.09 bits per heavy atom. The van der Waals surface area contributed by atoms with Crippen LogP contribution in [0, 0.1) is 11.8 Å². The number of aromatic nitrogens is 2. The summed E-state index contributed by atoms with van der Waals surface area (Å²) in [5.41, 5.74) is 0.258. The third-order valence-electron chi connectivity index (χ3n) is 4.63. The average molecular weight is 324 g/mol. The van der Waals surface area contributed by atoms with E-state index in [1.54, 1.807) is 13.1 Å². The van der Waals surface area contributed by atoms with E-state index in [0.717, 1.165) is 44.2 Å². The lowest BCUT2D eigenvalue weighted by Gasteiger charge is -2.32. The summed E-state index contributed by atoms with van der Waals surface area (Å²) in [5.74, 6) is 2.34. The molecule has 2 aliphatic rings. The van der Waals surface area contributed by atoms with Crippen LogP contribution in [0.25, 0.3) is 0 Å². The molecule has 22 heavy (non-hydrogen) atoms. The highest BCUT2D eigenvalue weighted by Crippen LogP contribution is 2.29. The molecule has 0 saturated carbocycles. The fourth-order valence-electron chi connectivity index (χ4n) is 3.34. The second-order valence-electron chi connectivity index (χ2n) is 6.11. The van der Waals surface area contributed by atoms with Gasteiger partial charge in [0.05, 0.1) is 0 Å². The molecule has 1 aromatic heterocycles. The Bertz CT molecular complexity index is 621. The predicted octanol–water partition coefficient (Wildman–Crippen LogP) is 1.65. The van der Waals surface area contributed by atoms with Gasteiger partial charge in [-0.05, 0) is 44.2 Å².